The Hall–Kier alpha value is -2.08. The van der Waals surface area contributed by atoms with E-state index >= 15 is 0 Å². The van der Waals surface area contributed by atoms with Crippen LogP contribution in [0.5, 0.6) is 5.75 Å². The van der Waals surface area contributed by atoms with Crippen molar-refractivity contribution in [2.24, 2.45) is 11.1 Å². The van der Waals surface area contributed by atoms with Crippen molar-refractivity contribution in [2.75, 3.05) is 19.8 Å². The minimum absolute atomic E-state index is 0.225. The topological polar surface area (TPSA) is 90.6 Å². The minimum Gasteiger partial charge on any atom is -0.481 e. The average Bonchev–Trinajstić information content (AvgIpc) is 3.08. The van der Waals surface area contributed by atoms with E-state index < -0.39 is 11.5 Å². The first-order valence-corrected chi connectivity index (χ1v) is 8.94. The molecule has 3 N–H and O–H groups in total. The van der Waals surface area contributed by atoms with E-state index in [0.717, 1.165) is 12.8 Å². The van der Waals surface area contributed by atoms with Gasteiger partial charge in [-0.2, -0.15) is 0 Å². The Labute approximate surface area is 148 Å². The fourth-order valence-corrected chi connectivity index (χ4v) is 3.55. The molecule has 0 bridgehead atoms. The highest BCUT2D eigenvalue weighted by molar-refractivity contribution is 5.84. The third-order valence-corrected chi connectivity index (χ3v) is 5.33. The monoisotopic (exact) mass is 346 g/mol. The summed E-state index contributed by atoms with van der Waals surface area (Å²) in [7, 11) is 0. The predicted octanol–water partition coefficient (Wildman–Crippen LogP) is 1.34. The molecule has 0 aromatic heterocycles. The number of nitrogens with one attached hydrogen (secondary N) is 1. The van der Waals surface area contributed by atoms with Crippen LogP contribution < -0.4 is 15.8 Å². The zero-order valence-corrected chi connectivity index (χ0v) is 14.7. The highest BCUT2D eigenvalue weighted by Gasteiger charge is 2.39. The van der Waals surface area contributed by atoms with Gasteiger partial charge in [-0.05, 0) is 62.3 Å². The van der Waals surface area contributed by atoms with E-state index in [-0.39, 0.29) is 18.4 Å². The average molecular weight is 346 g/mol. The molecular formula is C19H26N2O4. The summed E-state index contributed by atoms with van der Waals surface area (Å²) in [6.45, 7) is 2.91. The van der Waals surface area contributed by atoms with Crippen molar-refractivity contribution in [2.45, 2.75) is 45.1 Å². The number of aryl methyl sites for hydroxylation is 2. The first kappa shape index (κ1) is 17.7. The number of fused-ring (bicyclic) bond motifs is 1. The van der Waals surface area contributed by atoms with Gasteiger partial charge in [0.25, 0.3) is 5.91 Å². The van der Waals surface area contributed by atoms with E-state index in [1.165, 1.54) is 17.5 Å². The van der Waals surface area contributed by atoms with Gasteiger partial charge in [0.1, 0.15) is 5.75 Å². The Bertz CT molecular complexity index is 653. The summed E-state index contributed by atoms with van der Waals surface area (Å²) >= 11 is 0. The summed E-state index contributed by atoms with van der Waals surface area (Å²) in [5.41, 5.74) is 7.52. The number of primary amides is 1. The molecule has 0 radical (unpaired) electrons. The Kier molecular flexibility index (Phi) is 5.27. The number of benzene rings is 1. The molecule has 3 rings (SSSR count). The van der Waals surface area contributed by atoms with Crippen LogP contribution in [0, 0.1) is 5.41 Å². The molecule has 1 aliphatic heterocycles. The Balaban J connectivity index is 1.56. The zero-order chi connectivity index (χ0) is 17.9. The molecule has 6 heteroatoms. The van der Waals surface area contributed by atoms with E-state index in [0.29, 0.717) is 31.8 Å². The fraction of sp³-hybridized carbons (Fsp3) is 0.579. The van der Waals surface area contributed by atoms with Crippen LogP contribution in [0.25, 0.3) is 0 Å². The maximum atomic E-state index is 12.4. The van der Waals surface area contributed by atoms with Gasteiger partial charge in [-0.3, -0.25) is 9.59 Å². The van der Waals surface area contributed by atoms with Gasteiger partial charge in [-0.1, -0.05) is 6.07 Å². The normalized spacial score (nSPS) is 19.7. The van der Waals surface area contributed by atoms with Crippen LogP contribution in [0.4, 0.5) is 0 Å². The third kappa shape index (κ3) is 3.95. The molecule has 6 nitrogen and oxygen atoms in total. The summed E-state index contributed by atoms with van der Waals surface area (Å²) in [6, 6.07) is 6.01. The van der Waals surface area contributed by atoms with Crippen molar-refractivity contribution in [1.29, 1.82) is 0 Å². The van der Waals surface area contributed by atoms with Crippen LogP contribution in [-0.4, -0.2) is 37.7 Å². The SMILES string of the molecule is C[C@H](Oc1ccc2c(c1)CCC2)C(=O)NCC1(C(N)=O)CCOCC1. The summed E-state index contributed by atoms with van der Waals surface area (Å²) in [5, 5.41) is 2.83. The molecule has 2 amide bonds. The molecule has 1 aromatic carbocycles. The highest BCUT2D eigenvalue weighted by Crippen LogP contribution is 2.29. The Morgan fingerprint density at radius 1 is 1.28 bits per heavy atom. The van der Waals surface area contributed by atoms with E-state index in [9.17, 15) is 9.59 Å². The molecule has 1 heterocycles. The van der Waals surface area contributed by atoms with Gasteiger partial charge in [0, 0.05) is 19.8 Å². The standard InChI is InChI=1S/C19H26N2O4/c1-13(25-16-6-5-14-3-2-4-15(14)11-16)17(22)21-12-19(18(20)23)7-9-24-10-8-19/h5-6,11,13H,2-4,7-10,12H2,1H3,(H2,20,23)(H,21,22)/t13-/m0/s1. The number of amides is 2. The molecule has 1 atom stereocenters. The number of carbonyl (C=O) groups is 2. The third-order valence-electron chi connectivity index (χ3n) is 5.33. The largest absolute Gasteiger partial charge is 0.481 e. The first-order chi connectivity index (χ1) is 12.0. The molecule has 0 spiro atoms. The van der Waals surface area contributed by atoms with Crippen LogP contribution in [0.2, 0.25) is 0 Å². The van der Waals surface area contributed by atoms with Crippen molar-refractivity contribution < 1.29 is 19.1 Å². The second-order valence-corrected chi connectivity index (χ2v) is 7.02. The van der Waals surface area contributed by atoms with Gasteiger partial charge in [0.2, 0.25) is 5.91 Å². The van der Waals surface area contributed by atoms with Crippen molar-refractivity contribution in [3.05, 3.63) is 29.3 Å². The van der Waals surface area contributed by atoms with Gasteiger partial charge in [0.05, 0.1) is 5.41 Å². The molecule has 2 aliphatic rings. The molecule has 25 heavy (non-hydrogen) atoms. The summed E-state index contributed by atoms with van der Waals surface area (Å²) < 4.78 is 11.1. The van der Waals surface area contributed by atoms with Crippen molar-refractivity contribution >= 4 is 11.8 Å². The van der Waals surface area contributed by atoms with Gasteiger partial charge in [-0.25, -0.2) is 0 Å². The number of carbonyl (C=O) groups excluding carboxylic acids is 2. The van der Waals surface area contributed by atoms with E-state index in [1.807, 2.05) is 12.1 Å². The summed E-state index contributed by atoms with van der Waals surface area (Å²) in [6.07, 6.45) is 3.78. The van der Waals surface area contributed by atoms with Crippen LogP contribution >= 0.6 is 0 Å². The Morgan fingerprint density at radius 3 is 2.72 bits per heavy atom. The van der Waals surface area contributed by atoms with Crippen molar-refractivity contribution in [1.82, 2.24) is 5.32 Å². The van der Waals surface area contributed by atoms with Crippen LogP contribution in [-0.2, 0) is 27.2 Å². The maximum Gasteiger partial charge on any atom is 0.260 e. The number of hydrogen-bond donors (Lipinski definition) is 2. The summed E-state index contributed by atoms with van der Waals surface area (Å²) in [4.78, 5) is 24.2. The van der Waals surface area contributed by atoms with E-state index in [4.69, 9.17) is 15.2 Å². The molecule has 0 saturated carbocycles. The Morgan fingerprint density at radius 2 is 2.00 bits per heavy atom. The van der Waals surface area contributed by atoms with Gasteiger partial charge >= 0.3 is 0 Å². The van der Waals surface area contributed by atoms with Crippen molar-refractivity contribution in [3.63, 3.8) is 0 Å². The quantitative estimate of drug-likeness (QED) is 0.813. The first-order valence-electron chi connectivity index (χ1n) is 8.94. The number of rotatable bonds is 6. The number of ether oxygens (including phenoxy) is 2. The van der Waals surface area contributed by atoms with E-state index in [1.54, 1.807) is 6.92 Å². The molecule has 0 unspecified atom stereocenters. The molecular weight excluding hydrogens is 320 g/mol. The smallest absolute Gasteiger partial charge is 0.260 e. The molecule has 136 valence electrons. The highest BCUT2D eigenvalue weighted by atomic mass is 16.5. The lowest BCUT2D eigenvalue weighted by Gasteiger charge is -2.34. The molecule has 1 saturated heterocycles. The summed E-state index contributed by atoms with van der Waals surface area (Å²) in [5.74, 6) is 0.0786. The second kappa shape index (κ2) is 7.44. The molecule has 1 aliphatic carbocycles. The lowest BCUT2D eigenvalue weighted by Crippen LogP contribution is -2.51. The predicted molar refractivity (Wildman–Crippen MR) is 93.2 cm³/mol. The van der Waals surface area contributed by atoms with Gasteiger partial charge in [0.15, 0.2) is 6.10 Å². The fourth-order valence-electron chi connectivity index (χ4n) is 3.55. The van der Waals surface area contributed by atoms with Crippen LogP contribution in [0.3, 0.4) is 0 Å². The second-order valence-electron chi connectivity index (χ2n) is 7.02. The molecule has 1 aromatic rings. The van der Waals surface area contributed by atoms with Gasteiger partial charge < -0.3 is 20.5 Å². The lowest BCUT2D eigenvalue weighted by molar-refractivity contribution is -0.135. The lowest BCUT2D eigenvalue weighted by atomic mass is 9.79. The van der Waals surface area contributed by atoms with E-state index in [2.05, 4.69) is 11.4 Å². The van der Waals surface area contributed by atoms with Gasteiger partial charge in [-0.15, -0.1) is 0 Å². The number of hydrogen-bond acceptors (Lipinski definition) is 4. The zero-order valence-electron chi connectivity index (χ0n) is 14.7. The molecule has 1 fully saturated rings. The van der Waals surface area contributed by atoms with Crippen molar-refractivity contribution in [3.8, 4) is 5.75 Å². The van der Waals surface area contributed by atoms with Crippen LogP contribution in [0.1, 0.15) is 37.3 Å². The minimum atomic E-state index is -0.721. The maximum absolute atomic E-state index is 12.4. The number of nitrogens with two attached hydrogens (primary N) is 1. The van der Waals surface area contributed by atoms with Crippen LogP contribution in [0.15, 0.2) is 18.2 Å².